The van der Waals surface area contributed by atoms with Crippen LogP contribution in [0.3, 0.4) is 0 Å². The van der Waals surface area contributed by atoms with Gasteiger partial charge in [-0.2, -0.15) is 0 Å². The first kappa shape index (κ1) is 21.7. The largest absolute Gasteiger partial charge is 0.350 e. The standard InChI is InChI=1S/C20H24N4O5S/c1-30(28,29)21-13-15-6-5-11-23(14-15)20(25)16-9-10-18(19(12-16)24(26)27)22-17-7-3-2-4-8-17/h2-4,7-10,12,15,21-22H,5-6,11,13-14H2,1H3. The Morgan fingerprint density at radius 1 is 1.23 bits per heavy atom. The summed E-state index contributed by atoms with van der Waals surface area (Å²) in [6.45, 7) is 1.20. The van der Waals surface area contributed by atoms with Crippen molar-refractivity contribution in [2.75, 3.05) is 31.2 Å². The summed E-state index contributed by atoms with van der Waals surface area (Å²) in [5, 5.41) is 14.6. The molecule has 1 atom stereocenters. The van der Waals surface area contributed by atoms with Crippen LogP contribution in [0.2, 0.25) is 0 Å². The van der Waals surface area contributed by atoms with Gasteiger partial charge >= 0.3 is 0 Å². The zero-order valence-electron chi connectivity index (χ0n) is 16.6. The van der Waals surface area contributed by atoms with E-state index in [1.165, 1.54) is 12.1 Å². The second-order valence-corrected chi connectivity index (χ2v) is 9.19. The van der Waals surface area contributed by atoms with Crippen LogP contribution in [-0.2, 0) is 10.0 Å². The molecule has 1 amide bonds. The summed E-state index contributed by atoms with van der Waals surface area (Å²) in [6, 6.07) is 13.5. The number of hydrogen-bond acceptors (Lipinski definition) is 6. The van der Waals surface area contributed by atoms with Crippen LogP contribution >= 0.6 is 0 Å². The zero-order chi connectivity index (χ0) is 21.7. The summed E-state index contributed by atoms with van der Waals surface area (Å²) in [6.07, 6.45) is 2.66. The van der Waals surface area contributed by atoms with Crippen LogP contribution in [0.4, 0.5) is 17.1 Å². The second kappa shape index (κ2) is 9.23. The molecule has 2 N–H and O–H groups in total. The predicted octanol–water partition coefficient (Wildman–Crippen LogP) is 2.74. The lowest BCUT2D eigenvalue weighted by Gasteiger charge is -2.32. The van der Waals surface area contributed by atoms with Gasteiger partial charge in [0.2, 0.25) is 10.0 Å². The fraction of sp³-hybridized carbons (Fsp3) is 0.350. The van der Waals surface area contributed by atoms with Gasteiger partial charge in [0, 0.05) is 37.0 Å². The summed E-state index contributed by atoms with van der Waals surface area (Å²) in [7, 11) is -3.29. The van der Waals surface area contributed by atoms with Crippen LogP contribution < -0.4 is 10.0 Å². The third-order valence-corrected chi connectivity index (χ3v) is 5.63. The Labute approximate surface area is 175 Å². The molecule has 9 nitrogen and oxygen atoms in total. The number of hydrogen-bond donors (Lipinski definition) is 2. The molecule has 1 aliphatic rings. The fourth-order valence-corrected chi connectivity index (χ4v) is 4.00. The molecular formula is C20H24N4O5S. The number of carbonyl (C=O) groups is 1. The molecule has 1 aliphatic heterocycles. The van der Waals surface area contributed by atoms with Crippen LogP contribution in [0.5, 0.6) is 0 Å². The molecule has 1 heterocycles. The molecule has 0 spiro atoms. The Balaban J connectivity index is 1.75. The molecule has 30 heavy (non-hydrogen) atoms. The third-order valence-electron chi connectivity index (χ3n) is 4.93. The average molecular weight is 433 g/mol. The molecule has 2 aromatic rings. The highest BCUT2D eigenvalue weighted by molar-refractivity contribution is 7.88. The lowest BCUT2D eigenvalue weighted by Crippen LogP contribution is -2.43. The maximum atomic E-state index is 12.9. The summed E-state index contributed by atoms with van der Waals surface area (Å²) in [4.78, 5) is 25.6. The molecule has 160 valence electrons. The minimum absolute atomic E-state index is 0.00595. The third kappa shape index (κ3) is 5.77. The molecule has 0 radical (unpaired) electrons. The molecule has 0 aliphatic carbocycles. The zero-order valence-corrected chi connectivity index (χ0v) is 17.4. The average Bonchev–Trinajstić information content (AvgIpc) is 2.72. The molecular weight excluding hydrogens is 408 g/mol. The summed E-state index contributed by atoms with van der Waals surface area (Å²) < 4.78 is 25.1. The lowest BCUT2D eigenvalue weighted by atomic mass is 9.97. The topological polar surface area (TPSA) is 122 Å². The molecule has 3 rings (SSSR count). The molecule has 1 fully saturated rings. The van der Waals surface area contributed by atoms with Crippen molar-refractivity contribution in [3.63, 3.8) is 0 Å². The van der Waals surface area contributed by atoms with Gasteiger partial charge in [-0.05, 0) is 43.0 Å². The van der Waals surface area contributed by atoms with Gasteiger partial charge < -0.3 is 10.2 Å². The molecule has 2 aromatic carbocycles. The molecule has 0 saturated carbocycles. The normalized spacial score (nSPS) is 16.8. The van der Waals surface area contributed by atoms with Crippen LogP contribution in [-0.4, -0.2) is 50.0 Å². The molecule has 0 bridgehead atoms. The van der Waals surface area contributed by atoms with Gasteiger partial charge in [0.1, 0.15) is 5.69 Å². The number of sulfonamides is 1. The van der Waals surface area contributed by atoms with Crippen molar-refractivity contribution in [2.45, 2.75) is 12.8 Å². The van der Waals surface area contributed by atoms with Gasteiger partial charge in [-0.1, -0.05) is 18.2 Å². The Kier molecular flexibility index (Phi) is 6.68. The number of rotatable bonds is 7. The number of likely N-dealkylation sites (tertiary alicyclic amines) is 1. The summed E-state index contributed by atoms with van der Waals surface area (Å²) in [5.41, 5.74) is 1.06. The Hall–Kier alpha value is -2.98. The van der Waals surface area contributed by atoms with Gasteiger partial charge in [-0.25, -0.2) is 13.1 Å². The number of nitrogens with zero attached hydrogens (tertiary/aromatic N) is 2. The smallest absolute Gasteiger partial charge is 0.293 e. The van der Waals surface area contributed by atoms with E-state index in [4.69, 9.17) is 0 Å². The number of nitro groups is 1. The van der Waals surface area contributed by atoms with E-state index in [2.05, 4.69) is 10.0 Å². The number of nitro benzene ring substituents is 1. The molecule has 1 saturated heterocycles. The minimum Gasteiger partial charge on any atom is -0.350 e. The highest BCUT2D eigenvalue weighted by Crippen LogP contribution is 2.29. The Morgan fingerprint density at radius 3 is 2.63 bits per heavy atom. The fourth-order valence-electron chi connectivity index (χ4n) is 3.47. The molecule has 0 aromatic heterocycles. The highest BCUT2D eigenvalue weighted by atomic mass is 32.2. The number of anilines is 2. The van der Waals surface area contributed by atoms with Crippen LogP contribution in [0.15, 0.2) is 48.5 Å². The van der Waals surface area contributed by atoms with Crippen molar-refractivity contribution in [2.24, 2.45) is 5.92 Å². The van der Waals surface area contributed by atoms with Crippen molar-refractivity contribution >= 4 is 33.0 Å². The van der Waals surface area contributed by atoms with E-state index in [0.29, 0.717) is 24.5 Å². The van der Waals surface area contributed by atoms with Gasteiger partial charge in [0.25, 0.3) is 11.6 Å². The summed E-state index contributed by atoms with van der Waals surface area (Å²) in [5.74, 6) is -0.292. The van der Waals surface area contributed by atoms with E-state index in [9.17, 15) is 23.3 Å². The molecule has 10 heteroatoms. The van der Waals surface area contributed by atoms with Gasteiger partial charge in [0.05, 0.1) is 11.2 Å². The monoisotopic (exact) mass is 432 g/mol. The van der Waals surface area contributed by atoms with E-state index >= 15 is 0 Å². The van der Waals surface area contributed by atoms with E-state index in [1.807, 2.05) is 18.2 Å². The van der Waals surface area contributed by atoms with Crippen LogP contribution in [0.25, 0.3) is 0 Å². The first-order valence-corrected chi connectivity index (χ1v) is 11.5. The number of piperidine rings is 1. The predicted molar refractivity (Wildman–Crippen MR) is 114 cm³/mol. The van der Waals surface area contributed by atoms with Gasteiger partial charge in [-0.15, -0.1) is 0 Å². The number of carbonyl (C=O) groups excluding carboxylic acids is 1. The second-order valence-electron chi connectivity index (χ2n) is 7.36. The van der Waals surface area contributed by atoms with Crippen molar-refractivity contribution < 1.29 is 18.1 Å². The van der Waals surface area contributed by atoms with Crippen molar-refractivity contribution in [3.8, 4) is 0 Å². The lowest BCUT2D eigenvalue weighted by molar-refractivity contribution is -0.383. The first-order chi connectivity index (χ1) is 14.2. The van der Waals surface area contributed by atoms with E-state index in [-0.39, 0.29) is 29.6 Å². The van der Waals surface area contributed by atoms with Crippen LogP contribution in [0.1, 0.15) is 23.2 Å². The maximum Gasteiger partial charge on any atom is 0.293 e. The van der Waals surface area contributed by atoms with Crippen molar-refractivity contribution in [1.82, 2.24) is 9.62 Å². The van der Waals surface area contributed by atoms with E-state index in [0.717, 1.165) is 19.1 Å². The number of nitrogens with one attached hydrogen (secondary N) is 2. The Bertz CT molecular complexity index is 1030. The van der Waals surface area contributed by atoms with Gasteiger partial charge in [0.15, 0.2) is 0 Å². The summed E-state index contributed by atoms with van der Waals surface area (Å²) >= 11 is 0. The SMILES string of the molecule is CS(=O)(=O)NCC1CCCN(C(=O)c2ccc(Nc3ccccc3)c([N+](=O)[O-])c2)C1. The Morgan fingerprint density at radius 2 is 1.97 bits per heavy atom. The minimum atomic E-state index is -3.29. The molecule has 1 unspecified atom stereocenters. The number of para-hydroxylation sites is 1. The van der Waals surface area contributed by atoms with Gasteiger partial charge in [-0.3, -0.25) is 14.9 Å². The van der Waals surface area contributed by atoms with Crippen LogP contribution in [0, 0.1) is 16.0 Å². The van der Waals surface area contributed by atoms with Crippen molar-refractivity contribution in [3.05, 3.63) is 64.2 Å². The first-order valence-electron chi connectivity index (χ1n) is 9.57. The number of benzene rings is 2. The van der Waals surface area contributed by atoms with E-state index in [1.54, 1.807) is 23.1 Å². The highest BCUT2D eigenvalue weighted by Gasteiger charge is 2.27. The van der Waals surface area contributed by atoms with E-state index < -0.39 is 14.9 Å². The quantitative estimate of drug-likeness (QED) is 0.512. The number of amides is 1. The maximum absolute atomic E-state index is 12.9. The van der Waals surface area contributed by atoms with Crippen molar-refractivity contribution in [1.29, 1.82) is 0 Å².